The average Bonchev–Trinajstić information content (AvgIpc) is 3.21. The van der Waals surface area contributed by atoms with E-state index < -0.39 is 0 Å². The molecular weight excluding hydrogens is 398 g/mol. The zero-order valence-electron chi connectivity index (χ0n) is 21.9. The van der Waals surface area contributed by atoms with Crippen LogP contribution < -0.4 is 4.90 Å². The fourth-order valence-corrected chi connectivity index (χ4v) is 4.79. The lowest BCUT2D eigenvalue weighted by molar-refractivity contribution is 0.532. The Bertz CT molecular complexity index is 1000. The largest absolute Gasteiger partial charge is 0.331 e. The van der Waals surface area contributed by atoms with Crippen LogP contribution in [-0.4, -0.2) is 5.54 Å². The number of benzene rings is 2. The lowest BCUT2D eigenvalue weighted by Crippen LogP contribution is -2.44. The Morgan fingerprint density at radius 2 is 1.61 bits per heavy atom. The van der Waals surface area contributed by atoms with E-state index in [1.54, 1.807) is 0 Å². The fraction of sp³-hybridized carbons (Fsp3) is 0.375. The Hall–Kier alpha value is -2.80. The summed E-state index contributed by atoms with van der Waals surface area (Å²) in [7, 11) is 0. The van der Waals surface area contributed by atoms with Crippen molar-refractivity contribution in [1.29, 1.82) is 0 Å². The minimum absolute atomic E-state index is 0.0375. The average molecular weight is 442 g/mol. The number of aryl methyl sites for hydroxylation is 1. The zero-order valence-corrected chi connectivity index (χ0v) is 21.9. The monoisotopic (exact) mass is 441 g/mol. The maximum atomic E-state index is 2.59. The fourth-order valence-electron chi connectivity index (χ4n) is 4.79. The van der Waals surface area contributed by atoms with Gasteiger partial charge in [-0.1, -0.05) is 120 Å². The van der Waals surface area contributed by atoms with Gasteiger partial charge in [0.1, 0.15) is 0 Å². The van der Waals surface area contributed by atoms with Crippen LogP contribution in [0.3, 0.4) is 0 Å². The van der Waals surface area contributed by atoms with Crippen LogP contribution in [-0.2, 0) is 6.42 Å². The van der Waals surface area contributed by atoms with Crippen molar-refractivity contribution in [3.05, 3.63) is 107 Å². The molecule has 0 saturated heterocycles. The number of hydrogen-bond acceptors (Lipinski definition) is 1. The highest BCUT2D eigenvalue weighted by Gasteiger charge is 2.42. The lowest BCUT2D eigenvalue weighted by atomic mass is 9.86. The van der Waals surface area contributed by atoms with E-state index in [4.69, 9.17) is 0 Å². The number of hydrogen-bond donors (Lipinski definition) is 0. The van der Waals surface area contributed by atoms with E-state index in [1.165, 1.54) is 33.6 Å². The summed E-state index contributed by atoms with van der Waals surface area (Å²) in [5.41, 5.74) is 8.35. The predicted molar refractivity (Wildman–Crippen MR) is 149 cm³/mol. The van der Waals surface area contributed by atoms with Gasteiger partial charge in [-0.15, -0.1) is 0 Å². The maximum Gasteiger partial charge on any atom is 0.0711 e. The Kier molecular flexibility index (Phi) is 10.5. The minimum atomic E-state index is 0.0375. The van der Waals surface area contributed by atoms with Gasteiger partial charge in [-0.3, -0.25) is 0 Å². The first kappa shape index (κ1) is 26.5. The Labute approximate surface area is 203 Å². The summed E-state index contributed by atoms with van der Waals surface area (Å²) in [4.78, 5) is 2.59. The molecule has 0 saturated carbocycles. The van der Waals surface area contributed by atoms with Crippen molar-refractivity contribution < 1.29 is 0 Å². The van der Waals surface area contributed by atoms with Gasteiger partial charge >= 0.3 is 0 Å². The molecule has 0 N–H and O–H groups in total. The predicted octanol–water partition coefficient (Wildman–Crippen LogP) is 9.45. The number of para-hydroxylation sites is 1. The highest BCUT2D eigenvalue weighted by atomic mass is 15.2. The minimum Gasteiger partial charge on any atom is -0.331 e. The molecule has 1 heterocycles. The Morgan fingerprint density at radius 1 is 0.848 bits per heavy atom. The number of nitrogens with zero attached hydrogens (tertiary/aromatic N) is 1. The standard InChI is InChI=1S/C26H25N.3C2H6/c1-20-9-7-11-21(17-20)22-12-8-13-24(18-22)27-25-14-4-3-10-23(25)19-26(27)15-5-2-6-16-26;3*1-2/h2-7,9-11,13-15,17-18H,8,12,16,19H2,1H3;3*1-2H3. The van der Waals surface area contributed by atoms with Crippen molar-refractivity contribution in [3.8, 4) is 0 Å². The summed E-state index contributed by atoms with van der Waals surface area (Å²) >= 11 is 0. The summed E-state index contributed by atoms with van der Waals surface area (Å²) < 4.78 is 0. The molecule has 2 aromatic carbocycles. The molecule has 0 fully saturated rings. The molecule has 5 rings (SSSR count). The molecule has 2 aliphatic carbocycles. The van der Waals surface area contributed by atoms with E-state index in [0.29, 0.717) is 0 Å². The van der Waals surface area contributed by atoms with Gasteiger partial charge in [0, 0.05) is 17.8 Å². The summed E-state index contributed by atoms with van der Waals surface area (Å²) in [5.74, 6) is 0. The van der Waals surface area contributed by atoms with Crippen LogP contribution in [0.5, 0.6) is 0 Å². The molecule has 0 bridgehead atoms. The normalized spacial score (nSPS) is 19.7. The van der Waals surface area contributed by atoms with E-state index >= 15 is 0 Å². The third-order valence-electron chi connectivity index (χ3n) is 6.04. The van der Waals surface area contributed by atoms with Crippen LogP contribution in [0.25, 0.3) is 5.57 Å². The molecule has 3 aliphatic rings. The molecule has 2 aromatic rings. The van der Waals surface area contributed by atoms with Gasteiger partial charge in [0.2, 0.25) is 0 Å². The maximum absolute atomic E-state index is 2.59. The highest BCUT2D eigenvalue weighted by molar-refractivity contribution is 5.76. The van der Waals surface area contributed by atoms with E-state index in [0.717, 1.165) is 25.7 Å². The number of fused-ring (bicyclic) bond motifs is 1. The van der Waals surface area contributed by atoms with Crippen LogP contribution in [0.15, 0.2) is 90.7 Å². The molecule has 1 nitrogen and oxygen atoms in total. The molecule has 33 heavy (non-hydrogen) atoms. The third-order valence-corrected chi connectivity index (χ3v) is 6.04. The van der Waals surface area contributed by atoms with E-state index in [1.807, 2.05) is 41.5 Å². The van der Waals surface area contributed by atoms with Crippen molar-refractivity contribution in [1.82, 2.24) is 0 Å². The highest BCUT2D eigenvalue weighted by Crippen LogP contribution is 2.46. The number of anilines is 1. The second-order valence-electron chi connectivity index (χ2n) is 7.94. The Morgan fingerprint density at radius 3 is 2.30 bits per heavy atom. The summed E-state index contributed by atoms with van der Waals surface area (Å²) in [6, 6.07) is 17.8. The van der Waals surface area contributed by atoms with Crippen LogP contribution in [0.4, 0.5) is 5.69 Å². The number of allylic oxidation sites excluding steroid dienone is 5. The van der Waals surface area contributed by atoms with Gasteiger partial charge in [-0.05, 0) is 55.0 Å². The summed E-state index contributed by atoms with van der Waals surface area (Å²) in [6.45, 7) is 14.2. The molecule has 1 spiro atoms. The Balaban J connectivity index is 0.000000597. The van der Waals surface area contributed by atoms with Crippen LogP contribution in [0.2, 0.25) is 0 Å². The van der Waals surface area contributed by atoms with E-state index in [2.05, 4.69) is 96.8 Å². The topological polar surface area (TPSA) is 3.24 Å². The van der Waals surface area contributed by atoms with Crippen molar-refractivity contribution in [2.24, 2.45) is 0 Å². The third kappa shape index (κ3) is 5.77. The second kappa shape index (κ2) is 13.0. The molecule has 1 unspecified atom stereocenters. The summed E-state index contributed by atoms with van der Waals surface area (Å²) in [6.07, 6.45) is 18.3. The number of rotatable bonds is 2. The van der Waals surface area contributed by atoms with Gasteiger partial charge < -0.3 is 4.90 Å². The molecule has 1 atom stereocenters. The SMILES string of the molecule is CC.CC.CC.Cc1cccc(C2=CC(N3c4ccccc4CC34C=CC=CC4)=CCC2)c1. The van der Waals surface area contributed by atoms with Gasteiger partial charge in [0.25, 0.3) is 0 Å². The first-order chi connectivity index (χ1) is 16.3. The molecule has 0 aromatic heterocycles. The molecule has 1 aliphatic heterocycles. The molecule has 0 amide bonds. The van der Waals surface area contributed by atoms with Crippen LogP contribution >= 0.6 is 0 Å². The first-order valence-electron chi connectivity index (χ1n) is 13.0. The van der Waals surface area contributed by atoms with Gasteiger partial charge in [-0.2, -0.15) is 0 Å². The van der Waals surface area contributed by atoms with Gasteiger partial charge in [0.05, 0.1) is 5.54 Å². The molecule has 0 radical (unpaired) electrons. The van der Waals surface area contributed by atoms with Crippen LogP contribution in [0, 0.1) is 6.92 Å². The van der Waals surface area contributed by atoms with E-state index in [9.17, 15) is 0 Å². The van der Waals surface area contributed by atoms with Crippen molar-refractivity contribution >= 4 is 11.3 Å². The van der Waals surface area contributed by atoms with Gasteiger partial charge in [-0.25, -0.2) is 0 Å². The molecule has 1 heteroatoms. The van der Waals surface area contributed by atoms with E-state index in [-0.39, 0.29) is 5.54 Å². The zero-order chi connectivity index (χ0) is 24.3. The molecular formula is C32H43N. The second-order valence-corrected chi connectivity index (χ2v) is 7.94. The smallest absolute Gasteiger partial charge is 0.0711 e. The first-order valence-corrected chi connectivity index (χ1v) is 13.0. The van der Waals surface area contributed by atoms with Crippen molar-refractivity contribution in [2.45, 2.75) is 79.7 Å². The van der Waals surface area contributed by atoms with Crippen molar-refractivity contribution in [3.63, 3.8) is 0 Å². The van der Waals surface area contributed by atoms with Crippen molar-refractivity contribution in [2.75, 3.05) is 4.90 Å². The molecule has 176 valence electrons. The van der Waals surface area contributed by atoms with Gasteiger partial charge in [0.15, 0.2) is 0 Å². The summed E-state index contributed by atoms with van der Waals surface area (Å²) in [5, 5.41) is 0. The quantitative estimate of drug-likeness (QED) is 0.448. The van der Waals surface area contributed by atoms with Crippen LogP contribution in [0.1, 0.15) is 77.5 Å². The lowest BCUT2D eigenvalue weighted by Gasteiger charge is -2.40.